The van der Waals surface area contributed by atoms with Crippen LogP contribution in [0.15, 0.2) is 0 Å². The molecule has 0 aromatic heterocycles. The molecule has 98 valence electrons. The van der Waals surface area contributed by atoms with Crippen molar-refractivity contribution in [1.29, 1.82) is 0 Å². The molecule has 0 unspecified atom stereocenters. The first kappa shape index (κ1) is 13.8. The van der Waals surface area contributed by atoms with E-state index in [9.17, 15) is 14.7 Å². The van der Waals surface area contributed by atoms with Gasteiger partial charge in [-0.3, -0.25) is 0 Å². The second kappa shape index (κ2) is 5.86. The van der Waals surface area contributed by atoms with Gasteiger partial charge in [-0.05, 0) is 12.8 Å². The van der Waals surface area contributed by atoms with Crippen LogP contribution in [-0.4, -0.2) is 53.8 Å². The minimum atomic E-state index is -1.16. The van der Waals surface area contributed by atoms with Gasteiger partial charge in [0.1, 0.15) is 5.54 Å². The highest BCUT2D eigenvalue weighted by Gasteiger charge is 2.37. The van der Waals surface area contributed by atoms with Crippen LogP contribution in [0, 0.1) is 0 Å². The molecule has 17 heavy (non-hydrogen) atoms. The fourth-order valence-electron chi connectivity index (χ4n) is 1.83. The van der Waals surface area contributed by atoms with Gasteiger partial charge in [0.25, 0.3) is 0 Å². The highest BCUT2D eigenvalue weighted by molar-refractivity contribution is 5.86. The summed E-state index contributed by atoms with van der Waals surface area (Å²) >= 11 is 0. The number of nitrogens with one attached hydrogen (secondary N) is 1. The van der Waals surface area contributed by atoms with Gasteiger partial charge in [-0.2, -0.15) is 0 Å². The first-order valence-corrected chi connectivity index (χ1v) is 5.94. The molecule has 0 aliphatic carbocycles. The number of carboxylic acids is 1. The minimum Gasteiger partial charge on any atom is -0.480 e. The lowest BCUT2D eigenvalue weighted by Crippen LogP contribution is -2.58. The van der Waals surface area contributed by atoms with E-state index in [2.05, 4.69) is 5.32 Å². The Morgan fingerprint density at radius 1 is 1.29 bits per heavy atom. The molecule has 0 atom stereocenters. The molecule has 6 heteroatoms. The minimum absolute atomic E-state index is 0.320. The van der Waals surface area contributed by atoms with Crippen LogP contribution in [0.3, 0.4) is 0 Å². The van der Waals surface area contributed by atoms with Crippen molar-refractivity contribution in [1.82, 2.24) is 10.2 Å². The molecule has 1 aliphatic rings. The second-order valence-corrected chi connectivity index (χ2v) is 4.12. The summed E-state index contributed by atoms with van der Waals surface area (Å²) in [5.74, 6) is -0.982. The Morgan fingerprint density at radius 2 is 1.82 bits per heavy atom. The van der Waals surface area contributed by atoms with E-state index in [1.54, 1.807) is 18.7 Å². The topological polar surface area (TPSA) is 78.9 Å². The maximum Gasteiger partial charge on any atom is 0.329 e. The second-order valence-electron chi connectivity index (χ2n) is 4.12. The van der Waals surface area contributed by atoms with Gasteiger partial charge in [0, 0.05) is 13.1 Å². The van der Waals surface area contributed by atoms with E-state index in [0.717, 1.165) is 0 Å². The smallest absolute Gasteiger partial charge is 0.329 e. The number of nitrogens with zero attached hydrogens (tertiary/aromatic N) is 1. The predicted octanol–water partition coefficient (Wildman–Crippen LogP) is 0.672. The van der Waals surface area contributed by atoms with Crippen LogP contribution in [-0.2, 0) is 9.53 Å². The van der Waals surface area contributed by atoms with E-state index < -0.39 is 11.5 Å². The Labute approximate surface area is 101 Å². The van der Waals surface area contributed by atoms with Crippen LogP contribution in [0.1, 0.15) is 26.7 Å². The lowest BCUT2D eigenvalue weighted by Gasteiger charge is -2.33. The number of carbonyl (C=O) groups excluding carboxylic acids is 1. The maximum absolute atomic E-state index is 11.9. The molecule has 2 N–H and O–H groups in total. The SMILES string of the molecule is CCC(CC)(NC(=O)N1CCOCC1)C(=O)O. The summed E-state index contributed by atoms with van der Waals surface area (Å²) in [4.78, 5) is 24.8. The van der Waals surface area contributed by atoms with Gasteiger partial charge in [-0.1, -0.05) is 13.8 Å². The largest absolute Gasteiger partial charge is 0.480 e. The van der Waals surface area contributed by atoms with E-state index >= 15 is 0 Å². The third-order valence-corrected chi connectivity index (χ3v) is 3.26. The number of morpholine rings is 1. The molecule has 0 aromatic rings. The summed E-state index contributed by atoms with van der Waals surface area (Å²) in [5.41, 5.74) is -1.16. The molecule has 1 heterocycles. The molecule has 0 saturated carbocycles. The molecule has 0 radical (unpaired) electrons. The molecule has 1 saturated heterocycles. The normalized spacial score (nSPS) is 16.7. The summed E-state index contributed by atoms with van der Waals surface area (Å²) in [7, 11) is 0. The van der Waals surface area contributed by atoms with E-state index in [-0.39, 0.29) is 6.03 Å². The Bertz CT molecular complexity index is 283. The number of amides is 2. The average Bonchev–Trinajstić information content (AvgIpc) is 2.36. The number of rotatable bonds is 4. The number of hydrogen-bond acceptors (Lipinski definition) is 3. The fourth-order valence-corrected chi connectivity index (χ4v) is 1.83. The van der Waals surface area contributed by atoms with Gasteiger partial charge in [-0.25, -0.2) is 9.59 Å². The molecule has 2 amide bonds. The summed E-state index contributed by atoms with van der Waals surface area (Å²) in [6.07, 6.45) is 0.740. The fraction of sp³-hybridized carbons (Fsp3) is 0.818. The van der Waals surface area contributed by atoms with Crippen LogP contribution in [0.5, 0.6) is 0 Å². The van der Waals surface area contributed by atoms with Crippen molar-refractivity contribution in [3.8, 4) is 0 Å². The Hall–Kier alpha value is -1.30. The van der Waals surface area contributed by atoms with Crippen LogP contribution in [0.2, 0.25) is 0 Å². The van der Waals surface area contributed by atoms with Crippen molar-refractivity contribution in [3.05, 3.63) is 0 Å². The highest BCUT2D eigenvalue weighted by Crippen LogP contribution is 2.16. The summed E-state index contributed by atoms with van der Waals surface area (Å²) in [6, 6.07) is -0.320. The Balaban J connectivity index is 2.66. The van der Waals surface area contributed by atoms with E-state index in [1.807, 2.05) is 0 Å². The summed E-state index contributed by atoms with van der Waals surface area (Å²) in [5, 5.41) is 11.8. The molecule has 0 bridgehead atoms. The van der Waals surface area contributed by atoms with Crippen LogP contribution >= 0.6 is 0 Å². The Kier molecular flexibility index (Phi) is 4.74. The first-order chi connectivity index (χ1) is 8.05. The zero-order chi connectivity index (χ0) is 12.9. The van der Waals surface area contributed by atoms with Crippen molar-refractivity contribution in [2.45, 2.75) is 32.2 Å². The third kappa shape index (κ3) is 3.09. The van der Waals surface area contributed by atoms with Crippen molar-refractivity contribution in [2.75, 3.05) is 26.3 Å². The predicted molar refractivity (Wildman–Crippen MR) is 61.9 cm³/mol. The molecular weight excluding hydrogens is 224 g/mol. The van der Waals surface area contributed by atoms with Crippen LogP contribution in [0.25, 0.3) is 0 Å². The third-order valence-electron chi connectivity index (χ3n) is 3.26. The molecule has 1 fully saturated rings. The number of carbonyl (C=O) groups is 2. The van der Waals surface area contributed by atoms with E-state index in [0.29, 0.717) is 39.1 Å². The average molecular weight is 244 g/mol. The molecule has 0 spiro atoms. The summed E-state index contributed by atoms with van der Waals surface area (Å²) < 4.78 is 5.14. The monoisotopic (exact) mass is 244 g/mol. The van der Waals surface area contributed by atoms with Crippen molar-refractivity contribution >= 4 is 12.0 Å². The standard InChI is InChI=1S/C11H20N2O4/c1-3-11(4-2,9(14)15)12-10(16)13-5-7-17-8-6-13/h3-8H2,1-2H3,(H,12,16)(H,14,15). The highest BCUT2D eigenvalue weighted by atomic mass is 16.5. The van der Waals surface area contributed by atoms with Crippen molar-refractivity contribution in [3.63, 3.8) is 0 Å². The summed E-state index contributed by atoms with van der Waals surface area (Å²) in [6.45, 7) is 5.55. The number of aliphatic carboxylic acids is 1. The van der Waals surface area contributed by atoms with Gasteiger partial charge in [0.2, 0.25) is 0 Å². The zero-order valence-electron chi connectivity index (χ0n) is 10.4. The molecule has 6 nitrogen and oxygen atoms in total. The first-order valence-electron chi connectivity index (χ1n) is 5.94. The van der Waals surface area contributed by atoms with Gasteiger partial charge in [0.05, 0.1) is 13.2 Å². The lowest BCUT2D eigenvalue weighted by molar-refractivity contribution is -0.144. The number of urea groups is 1. The quantitative estimate of drug-likeness (QED) is 0.762. The maximum atomic E-state index is 11.9. The van der Waals surface area contributed by atoms with Crippen LogP contribution in [0.4, 0.5) is 4.79 Å². The van der Waals surface area contributed by atoms with Gasteiger partial charge >= 0.3 is 12.0 Å². The van der Waals surface area contributed by atoms with Gasteiger partial charge < -0.3 is 20.1 Å². The zero-order valence-corrected chi connectivity index (χ0v) is 10.4. The van der Waals surface area contributed by atoms with Crippen molar-refractivity contribution < 1.29 is 19.4 Å². The van der Waals surface area contributed by atoms with Gasteiger partial charge in [-0.15, -0.1) is 0 Å². The molecule has 1 aliphatic heterocycles. The Morgan fingerprint density at radius 3 is 2.24 bits per heavy atom. The van der Waals surface area contributed by atoms with Crippen LogP contribution < -0.4 is 5.32 Å². The number of hydrogen-bond donors (Lipinski definition) is 2. The number of ether oxygens (including phenoxy) is 1. The van der Waals surface area contributed by atoms with E-state index in [4.69, 9.17) is 4.74 Å². The van der Waals surface area contributed by atoms with E-state index in [1.165, 1.54) is 0 Å². The molecular formula is C11H20N2O4. The lowest BCUT2D eigenvalue weighted by atomic mass is 9.93. The van der Waals surface area contributed by atoms with Gasteiger partial charge in [0.15, 0.2) is 0 Å². The van der Waals surface area contributed by atoms with Crippen molar-refractivity contribution in [2.24, 2.45) is 0 Å². The number of carboxylic acid groups (broad SMARTS) is 1. The molecule has 0 aromatic carbocycles. The molecule has 1 rings (SSSR count).